The molecule has 4 heteroatoms. The molecule has 0 unspecified atom stereocenters. The summed E-state index contributed by atoms with van der Waals surface area (Å²) in [6, 6.07) is 28.6. The van der Waals surface area contributed by atoms with E-state index >= 15 is 0 Å². The molecule has 0 aliphatic carbocycles. The van der Waals surface area contributed by atoms with Gasteiger partial charge < -0.3 is 10.3 Å². The molecule has 0 saturated carbocycles. The third kappa shape index (κ3) is 3.03. The number of nitrogens with two attached hydrogens (primary N) is 1. The van der Waals surface area contributed by atoms with Crippen LogP contribution in [0.2, 0.25) is 0 Å². The summed E-state index contributed by atoms with van der Waals surface area (Å²) < 4.78 is 16.2. The summed E-state index contributed by atoms with van der Waals surface area (Å²) in [5.74, 6) is -0.805. The molecule has 0 atom stereocenters. The van der Waals surface area contributed by atoms with Gasteiger partial charge in [0.25, 0.3) is 0 Å². The van der Waals surface area contributed by atoms with Crippen LogP contribution >= 0.6 is 0 Å². The molecule has 30 heavy (non-hydrogen) atoms. The summed E-state index contributed by atoms with van der Waals surface area (Å²) in [5.41, 5.74) is 11.0. The molecular formula is C26H19FN2O. The fourth-order valence-corrected chi connectivity index (χ4v) is 4.16. The Morgan fingerprint density at radius 2 is 1.57 bits per heavy atom. The van der Waals surface area contributed by atoms with E-state index in [0.29, 0.717) is 12.1 Å². The molecule has 0 bridgehead atoms. The molecule has 1 amide bonds. The van der Waals surface area contributed by atoms with Crippen molar-refractivity contribution in [3.63, 3.8) is 0 Å². The lowest BCUT2D eigenvalue weighted by Crippen LogP contribution is -2.11. The van der Waals surface area contributed by atoms with Gasteiger partial charge in [-0.1, -0.05) is 54.6 Å². The van der Waals surface area contributed by atoms with Crippen LogP contribution in [0.1, 0.15) is 15.9 Å². The number of carbonyl (C=O) groups is 1. The Labute approximate surface area is 173 Å². The molecule has 1 aromatic heterocycles. The second-order valence-electron chi connectivity index (χ2n) is 7.38. The van der Waals surface area contributed by atoms with Crippen LogP contribution in [0.25, 0.3) is 32.9 Å². The minimum atomic E-state index is -0.491. The molecule has 1 heterocycles. The second-order valence-corrected chi connectivity index (χ2v) is 7.38. The standard InChI is InChI=1S/C26H19FN2O/c27-20-12-13-21-24(15-20)29(23-11-5-10-22(25(21)23)26(28)30)16-17-6-4-9-19(14-17)18-7-2-1-3-8-18/h1-15H,16H2,(H2,28,30). The van der Waals surface area contributed by atoms with E-state index in [4.69, 9.17) is 5.73 Å². The number of primary amides is 1. The van der Waals surface area contributed by atoms with E-state index in [0.717, 1.165) is 38.5 Å². The molecule has 0 spiro atoms. The highest BCUT2D eigenvalue weighted by Crippen LogP contribution is 2.33. The fourth-order valence-electron chi connectivity index (χ4n) is 4.16. The third-order valence-corrected chi connectivity index (χ3v) is 5.49. The lowest BCUT2D eigenvalue weighted by molar-refractivity contribution is 0.100. The number of hydrogen-bond donors (Lipinski definition) is 1. The first-order valence-electron chi connectivity index (χ1n) is 9.76. The summed E-state index contributed by atoms with van der Waals surface area (Å²) in [5, 5.41) is 1.58. The Kier molecular flexibility index (Phi) is 4.32. The van der Waals surface area contributed by atoms with Gasteiger partial charge in [-0.25, -0.2) is 4.39 Å². The molecule has 4 aromatic carbocycles. The quantitative estimate of drug-likeness (QED) is 0.415. The summed E-state index contributed by atoms with van der Waals surface area (Å²) in [6.45, 7) is 0.548. The van der Waals surface area contributed by atoms with Crippen molar-refractivity contribution in [3.05, 3.63) is 108 Å². The van der Waals surface area contributed by atoms with Gasteiger partial charge >= 0.3 is 0 Å². The lowest BCUT2D eigenvalue weighted by Gasteiger charge is -2.10. The van der Waals surface area contributed by atoms with Gasteiger partial charge in [0.2, 0.25) is 5.91 Å². The third-order valence-electron chi connectivity index (χ3n) is 5.49. The van der Waals surface area contributed by atoms with Crippen LogP contribution in [-0.4, -0.2) is 10.5 Å². The number of hydrogen-bond acceptors (Lipinski definition) is 1. The van der Waals surface area contributed by atoms with Crippen molar-refractivity contribution in [1.82, 2.24) is 4.57 Å². The van der Waals surface area contributed by atoms with Gasteiger partial charge in [-0.3, -0.25) is 4.79 Å². The van der Waals surface area contributed by atoms with Crippen molar-refractivity contribution in [2.24, 2.45) is 5.73 Å². The maximum atomic E-state index is 14.1. The number of fused-ring (bicyclic) bond motifs is 3. The number of carbonyl (C=O) groups excluding carboxylic acids is 1. The summed E-state index contributed by atoms with van der Waals surface area (Å²) in [6.07, 6.45) is 0. The van der Waals surface area contributed by atoms with Crippen LogP contribution < -0.4 is 5.73 Å². The molecule has 0 aliphatic heterocycles. The van der Waals surface area contributed by atoms with E-state index in [1.54, 1.807) is 12.1 Å². The van der Waals surface area contributed by atoms with Crippen molar-refractivity contribution in [2.45, 2.75) is 6.54 Å². The predicted octanol–water partition coefficient (Wildman–Crippen LogP) is 5.75. The Hall–Kier alpha value is -3.92. The number of amides is 1. The molecular weight excluding hydrogens is 375 g/mol. The van der Waals surface area contributed by atoms with E-state index < -0.39 is 5.91 Å². The number of halogens is 1. The Balaban J connectivity index is 1.70. The van der Waals surface area contributed by atoms with Gasteiger partial charge in [0, 0.05) is 22.9 Å². The first-order chi connectivity index (χ1) is 14.6. The smallest absolute Gasteiger partial charge is 0.249 e. The van der Waals surface area contributed by atoms with Crippen molar-refractivity contribution in [2.75, 3.05) is 0 Å². The SMILES string of the molecule is NC(=O)c1cccc2c1c1ccc(F)cc1n2Cc1cccc(-c2ccccc2)c1. The summed E-state index contributed by atoms with van der Waals surface area (Å²) >= 11 is 0. The average Bonchev–Trinajstić information content (AvgIpc) is 3.07. The van der Waals surface area contributed by atoms with E-state index in [1.807, 2.05) is 41.0 Å². The molecule has 3 nitrogen and oxygen atoms in total. The minimum absolute atomic E-state index is 0.315. The van der Waals surface area contributed by atoms with Crippen LogP contribution in [0, 0.1) is 5.82 Å². The van der Waals surface area contributed by atoms with Gasteiger partial charge in [0.1, 0.15) is 5.82 Å². The molecule has 146 valence electrons. The molecule has 0 aliphatic rings. The van der Waals surface area contributed by atoms with E-state index in [1.165, 1.54) is 12.1 Å². The Morgan fingerprint density at radius 1 is 0.800 bits per heavy atom. The van der Waals surface area contributed by atoms with Crippen molar-refractivity contribution in [3.8, 4) is 11.1 Å². The van der Waals surface area contributed by atoms with E-state index in [9.17, 15) is 9.18 Å². The zero-order valence-corrected chi connectivity index (χ0v) is 16.2. The predicted molar refractivity (Wildman–Crippen MR) is 119 cm³/mol. The van der Waals surface area contributed by atoms with Gasteiger partial charge in [-0.15, -0.1) is 0 Å². The molecule has 2 N–H and O–H groups in total. The number of nitrogens with zero attached hydrogens (tertiary/aromatic N) is 1. The normalized spacial score (nSPS) is 11.2. The van der Waals surface area contributed by atoms with E-state index in [2.05, 4.69) is 30.3 Å². The molecule has 0 radical (unpaired) electrons. The molecule has 0 fully saturated rings. The minimum Gasteiger partial charge on any atom is -0.366 e. The molecule has 0 saturated heterocycles. The molecule has 5 rings (SSSR count). The second kappa shape index (κ2) is 7.16. The largest absolute Gasteiger partial charge is 0.366 e. The monoisotopic (exact) mass is 394 g/mol. The fraction of sp³-hybridized carbons (Fsp3) is 0.0385. The van der Waals surface area contributed by atoms with E-state index in [-0.39, 0.29) is 5.82 Å². The average molecular weight is 394 g/mol. The first-order valence-corrected chi connectivity index (χ1v) is 9.76. The Bertz CT molecular complexity index is 1400. The van der Waals surface area contributed by atoms with Crippen molar-refractivity contribution < 1.29 is 9.18 Å². The van der Waals surface area contributed by atoms with Crippen LogP contribution in [0.5, 0.6) is 0 Å². The van der Waals surface area contributed by atoms with Gasteiger partial charge in [0.05, 0.1) is 11.0 Å². The lowest BCUT2D eigenvalue weighted by atomic mass is 10.0. The zero-order chi connectivity index (χ0) is 20.7. The topological polar surface area (TPSA) is 48.0 Å². The van der Waals surface area contributed by atoms with Crippen molar-refractivity contribution in [1.29, 1.82) is 0 Å². The highest BCUT2D eigenvalue weighted by molar-refractivity contribution is 6.17. The first kappa shape index (κ1) is 18.1. The Morgan fingerprint density at radius 3 is 2.37 bits per heavy atom. The van der Waals surface area contributed by atoms with Crippen molar-refractivity contribution >= 4 is 27.7 Å². The van der Waals surface area contributed by atoms with Crippen LogP contribution in [0.15, 0.2) is 91.0 Å². The van der Waals surface area contributed by atoms with Crippen LogP contribution in [0.3, 0.4) is 0 Å². The summed E-state index contributed by atoms with van der Waals surface area (Å²) in [7, 11) is 0. The van der Waals surface area contributed by atoms with Gasteiger partial charge in [-0.2, -0.15) is 0 Å². The van der Waals surface area contributed by atoms with Crippen LogP contribution in [-0.2, 0) is 6.54 Å². The maximum absolute atomic E-state index is 14.1. The maximum Gasteiger partial charge on any atom is 0.249 e. The number of rotatable bonds is 4. The molecule has 5 aromatic rings. The zero-order valence-electron chi connectivity index (χ0n) is 16.2. The number of aromatic nitrogens is 1. The highest BCUT2D eigenvalue weighted by atomic mass is 19.1. The summed E-state index contributed by atoms with van der Waals surface area (Å²) in [4.78, 5) is 12.0. The van der Waals surface area contributed by atoms with Gasteiger partial charge in [-0.05, 0) is 53.1 Å². The number of benzene rings is 4. The van der Waals surface area contributed by atoms with Gasteiger partial charge in [0.15, 0.2) is 0 Å². The highest BCUT2D eigenvalue weighted by Gasteiger charge is 2.17. The van der Waals surface area contributed by atoms with Crippen LogP contribution in [0.4, 0.5) is 4.39 Å².